The van der Waals surface area contributed by atoms with Crippen LogP contribution >= 0.6 is 0 Å². The number of carbonyl (C=O) groups excluding carboxylic acids is 7. The number of nitrogens with one attached hydrogen (secondary N) is 5. The van der Waals surface area contributed by atoms with Crippen molar-refractivity contribution in [3.63, 3.8) is 0 Å². The van der Waals surface area contributed by atoms with Crippen LogP contribution in [0.2, 0.25) is 0 Å². The topological polar surface area (TPSA) is 289 Å². The van der Waals surface area contributed by atoms with Crippen LogP contribution in [-0.4, -0.2) is 93.8 Å². The second kappa shape index (κ2) is 31.1. The third-order valence-electron chi connectivity index (χ3n) is 10.9. The Bertz CT molecular complexity index is 1790. The van der Waals surface area contributed by atoms with Gasteiger partial charge in [0.15, 0.2) is 0 Å². The summed E-state index contributed by atoms with van der Waals surface area (Å²) in [7, 11) is 0. The van der Waals surface area contributed by atoms with E-state index in [1.807, 2.05) is 44.2 Å². The van der Waals surface area contributed by atoms with Crippen molar-refractivity contribution in [2.75, 3.05) is 0 Å². The predicted octanol–water partition coefficient (Wildman–Crippen LogP) is 3.23. The number of amides is 7. The van der Waals surface area contributed by atoms with Crippen LogP contribution in [0.4, 0.5) is 0 Å². The number of rotatable bonds is 34. The molecule has 0 spiro atoms. The molecular weight excluding hydrogens is 835 g/mol. The van der Waals surface area contributed by atoms with Gasteiger partial charge in [-0.1, -0.05) is 139 Å². The minimum absolute atomic E-state index is 0.00435. The Morgan fingerprint density at radius 1 is 0.508 bits per heavy atom. The average molecular weight is 908 g/mol. The first kappa shape index (κ1) is 55.3. The minimum atomic E-state index is -1.28. The molecule has 0 radical (unpaired) electrons. The van der Waals surface area contributed by atoms with Crippen molar-refractivity contribution in [3.05, 3.63) is 71.8 Å². The molecule has 11 N–H and O–H groups in total. The predicted molar refractivity (Wildman–Crippen MR) is 246 cm³/mol. The van der Waals surface area contributed by atoms with Crippen molar-refractivity contribution in [2.45, 2.75) is 173 Å². The van der Waals surface area contributed by atoms with E-state index in [-0.39, 0.29) is 43.9 Å². The van der Waals surface area contributed by atoms with Gasteiger partial charge in [0.05, 0.1) is 12.5 Å². The fourth-order valence-corrected chi connectivity index (χ4v) is 7.30. The summed E-state index contributed by atoms with van der Waals surface area (Å²) in [5, 5.41) is 32.9. The number of nitrogens with two attached hydrogens (primary N) is 2. The first-order chi connectivity index (χ1) is 31.0. The molecule has 0 aliphatic heterocycles. The molecule has 1 unspecified atom stereocenters. The van der Waals surface area contributed by atoms with E-state index in [1.165, 1.54) is 6.92 Å². The lowest BCUT2D eigenvalue weighted by Gasteiger charge is -2.26. The van der Waals surface area contributed by atoms with E-state index in [0.717, 1.165) is 69.8 Å². The molecule has 0 heterocycles. The highest BCUT2D eigenvalue weighted by molar-refractivity contribution is 5.95. The zero-order valence-corrected chi connectivity index (χ0v) is 38.4. The van der Waals surface area contributed by atoms with Gasteiger partial charge in [0.2, 0.25) is 41.4 Å². The van der Waals surface area contributed by atoms with Gasteiger partial charge in [0.1, 0.15) is 30.2 Å². The second-order valence-electron chi connectivity index (χ2n) is 17.3. The summed E-state index contributed by atoms with van der Waals surface area (Å²) in [6.07, 6.45) is 10.2. The molecule has 17 heteroatoms. The van der Waals surface area contributed by atoms with E-state index < -0.39 is 84.1 Å². The minimum Gasteiger partial charge on any atom is -0.480 e. The molecule has 17 nitrogen and oxygen atoms in total. The van der Waals surface area contributed by atoms with Crippen LogP contribution in [0.15, 0.2) is 60.7 Å². The van der Waals surface area contributed by atoms with Gasteiger partial charge in [-0.2, -0.15) is 0 Å². The summed E-state index contributed by atoms with van der Waals surface area (Å²) in [5.74, 6) is -5.65. The third-order valence-corrected chi connectivity index (χ3v) is 10.9. The Morgan fingerprint density at radius 3 is 1.32 bits per heavy atom. The number of primary amides is 2. The number of aliphatic hydroxyl groups is 1. The van der Waals surface area contributed by atoms with Crippen LogP contribution in [-0.2, 0) is 51.2 Å². The SMILES string of the molecule is CC(C)C[C@H](NC(=O)[C@@H](NC(=O)CCCCCCCCCCCCCCC(=O)N[C@@H](CC(N)=O)C(=O)N[C@@H](Cc1ccccc1)C(=O)O)C(C)O)C(=O)N[C@@H](Cc1ccccc1)C(N)=O. The summed E-state index contributed by atoms with van der Waals surface area (Å²) in [4.78, 5) is 100. The standard InChI is InChI=1S/C48H73N7O10/c1-32(2)28-37(45(61)52-36(44(50)60)29-34-22-16-14-17-23-34)53-47(63)43(33(3)56)55-42(59)27-21-13-11-9-7-5-4-6-8-10-12-20-26-41(58)51-38(31-40(49)57)46(62)54-39(48(64)65)30-35-24-18-15-19-25-35/h14-19,22-25,32-33,36-39,43,56H,4-13,20-21,26-31H2,1-3H3,(H2,49,57)(H2,50,60)(H,51,58)(H,52,61)(H,53,63)(H,54,62)(H,55,59)(H,64,65)/t33?,36-,37-,38-,39-,43-/m0/s1. The summed E-state index contributed by atoms with van der Waals surface area (Å²) >= 11 is 0. The lowest BCUT2D eigenvalue weighted by Crippen LogP contribution is -2.59. The van der Waals surface area contributed by atoms with Crippen molar-refractivity contribution < 1.29 is 48.6 Å². The lowest BCUT2D eigenvalue weighted by molar-refractivity contribution is -0.142. The molecule has 360 valence electrons. The van der Waals surface area contributed by atoms with E-state index in [2.05, 4.69) is 26.6 Å². The van der Waals surface area contributed by atoms with Gasteiger partial charge in [-0.15, -0.1) is 0 Å². The number of carbonyl (C=O) groups is 8. The second-order valence-corrected chi connectivity index (χ2v) is 17.3. The Hall–Kier alpha value is -5.84. The van der Waals surface area contributed by atoms with Gasteiger partial charge < -0.3 is 48.3 Å². The zero-order valence-electron chi connectivity index (χ0n) is 38.4. The largest absolute Gasteiger partial charge is 0.480 e. The van der Waals surface area contributed by atoms with Crippen LogP contribution < -0.4 is 38.1 Å². The van der Waals surface area contributed by atoms with Crippen LogP contribution in [0.25, 0.3) is 0 Å². The monoisotopic (exact) mass is 908 g/mol. The maximum Gasteiger partial charge on any atom is 0.326 e. The van der Waals surface area contributed by atoms with Gasteiger partial charge in [-0.25, -0.2) is 4.79 Å². The van der Waals surface area contributed by atoms with Crippen molar-refractivity contribution >= 4 is 47.3 Å². The highest BCUT2D eigenvalue weighted by Gasteiger charge is 2.32. The molecule has 0 aliphatic rings. The van der Waals surface area contributed by atoms with Gasteiger partial charge in [0, 0.05) is 25.7 Å². The summed E-state index contributed by atoms with van der Waals surface area (Å²) in [5.41, 5.74) is 12.4. The van der Waals surface area contributed by atoms with E-state index >= 15 is 0 Å². The fraction of sp³-hybridized carbons (Fsp3) is 0.583. The number of carboxylic acids is 1. The first-order valence-corrected chi connectivity index (χ1v) is 23.0. The van der Waals surface area contributed by atoms with Gasteiger partial charge >= 0.3 is 5.97 Å². The number of unbranched alkanes of at least 4 members (excludes halogenated alkanes) is 11. The summed E-state index contributed by atoms with van der Waals surface area (Å²) in [6, 6.07) is 12.0. The van der Waals surface area contributed by atoms with Crippen molar-refractivity contribution in [1.29, 1.82) is 0 Å². The molecule has 65 heavy (non-hydrogen) atoms. The Kier molecular flexibility index (Phi) is 26.5. The quantitative estimate of drug-likeness (QED) is 0.0462. The number of aliphatic hydroxyl groups excluding tert-OH is 1. The normalized spacial score (nSPS) is 13.9. The number of aliphatic carboxylic acids is 1. The molecule has 2 aromatic rings. The molecule has 0 saturated carbocycles. The molecule has 2 aromatic carbocycles. The van der Waals surface area contributed by atoms with E-state index in [4.69, 9.17) is 11.5 Å². The zero-order chi connectivity index (χ0) is 48.1. The lowest BCUT2D eigenvalue weighted by atomic mass is 10.0. The molecule has 0 bridgehead atoms. The third kappa shape index (κ3) is 24.1. The number of hydrogen-bond acceptors (Lipinski definition) is 9. The fourth-order valence-electron chi connectivity index (χ4n) is 7.30. The average Bonchev–Trinajstić information content (AvgIpc) is 3.24. The Labute approximate surface area is 383 Å². The molecule has 2 rings (SSSR count). The molecular formula is C48H73N7O10. The van der Waals surface area contributed by atoms with Crippen molar-refractivity contribution in [3.8, 4) is 0 Å². The van der Waals surface area contributed by atoms with Crippen LogP contribution in [0, 0.1) is 5.92 Å². The molecule has 0 aliphatic carbocycles. The van der Waals surface area contributed by atoms with Crippen LogP contribution in [0.5, 0.6) is 0 Å². The van der Waals surface area contributed by atoms with Crippen LogP contribution in [0.1, 0.15) is 135 Å². The van der Waals surface area contributed by atoms with Gasteiger partial charge in [-0.05, 0) is 43.2 Å². The number of benzene rings is 2. The van der Waals surface area contributed by atoms with E-state index in [1.54, 1.807) is 30.3 Å². The highest BCUT2D eigenvalue weighted by atomic mass is 16.4. The first-order valence-electron chi connectivity index (χ1n) is 23.0. The van der Waals surface area contributed by atoms with Crippen LogP contribution in [0.3, 0.4) is 0 Å². The van der Waals surface area contributed by atoms with E-state index in [0.29, 0.717) is 18.4 Å². The Morgan fingerprint density at radius 2 is 0.908 bits per heavy atom. The Balaban J connectivity index is 1.62. The van der Waals surface area contributed by atoms with Crippen molar-refractivity contribution in [2.24, 2.45) is 17.4 Å². The molecule has 7 amide bonds. The van der Waals surface area contributed by atoms with Gasteiger partial charge in [0.25, 0.3) is 0 Å². The maximum absolute atomic E-state index is 13.3. The van der Waals surface area contributed by atoms with E-state index in [9.17, 15) is 48.6 Å². The van der Waals surface area contributed by atoms with Crippen molar-refractivity contribution in [1.82, 2.24) is 26.6 Å². The maximum atomic E-state index is 13.3. The summed E-state index contributed by atoms with van der Waals surface area (Å²) in [6.45, 7) is 5.15. The number of hydrogen-bond donors (Lipinski definition) is 9. The highest BCUT2D eigenvalue weighted by Crippen LogP contribution is 2.14. The molecule has 0 saturated heterocycles. The molecule has 0 fully saturated rings. The smallest absolute Gasteiger partial charge is 0.326 e. The van der Waals surface area contributed by atoms with Gasteiger partial charge in [-0.3, -0.25) is 33.6 Å². The molecule has 6 atom stereocenters. The summed E-state index contributed by atoms with van der Waals surface area (Å²) < 4.78 is 0. The number of carboxylic acid groups (broad SMARTS) is 1. The molecule has 0 aromatic heterocycles.